The summed E-state index contributed by atoms with van der Waals surface area (Å²) < 4.78 is 5.78. The molecule has 51 heavy (non-hydrogen) atoms. The standard InChI is InChI=1S/C38H62N6O7/c1-22(2)26(31(48)43-16-17-51-35(6,7)20-43)41-33(50)42-28(34(3,4)5)32(49)44-21-38(36(8,9)37(38)14-11-15-37)19-25(44)30(47)40-24(27(45)29(39)46)18-23-12-10-13-23/h22-26,28H,10-21H2,1-9H3,(H2,39,46)(H,40,47)(H2,41,42,50)/t24?,25-,26-,28+,38+/m0/s1. The maximum absolute atomic E-state index is 14.8. The van der Waals surface area contributed by atoms with Crippen LogP contribution in [0.4, 0.5) is 4.79 Å². The number of nitrogens with two attached hydrogens (primary N) is 1. The Hall–Kier alpha value is -3.22. The molecule has 13 heteroatoms. The van der Waals surface area contributed by atoms with Gasteiger partial charge < -0.3 is 36.2 Å². The molecule has 5 rings (SSSR count). The van der Waals surface area contributed by atoms with Gasteiger partial charge in [-0.2, -0.15) is 0 Å². The zero-order chi connectivity index (χ0) is 37.9. The molecule has 1 unspecified atom stereocenters. The van der Waals surface area contributed by atoms with Gasteiger partial charge >= 0.3 is 6.03 Å². The van der Waals surface area contributed by atoms with Crippen molar-refractivity contribution in [3.8, 4) is 0 Å². The largest absolute Gasteiger partial charge is 0.372 e. The van der Waals surface area contributed by atoms with Crippen molar-refractivity contribution in [2.24, 2.45) is 39.2 Å². The predicted molar refractivity (Wildman–Crippen MR) is 191 cm³/mol. The molecule has 3 saturated carbocycles. The lowest BCUT2D eigenvalue weighted by Crippen LogP contribution is -2.62. The quantitative estimate of drug-likeness (QED) is 0.238. The predicted octanol–water partition coefficient (Wildman–Crippen LogP) is 2.89. The van der Waals surface area contributed by atoms with Crippen molar-refractivity contribution < 1.29 is 33.5 Å². The molecule has 0 aromatic carbocycles. The molecule has 2 heterocycles. The third-order valence-electron chi connectivity index (χ3n) is 13.4. The zero-order valence-electron chi connectivity index (χ0n) is 32.3. The fraction of sp³-hybridized carbons (Fsp3) is 0.842. The van der Waals surface area contributed by atoms with E-state index in [-0.39, 0.29) is 34.0 Å². The van der Waals surface area contributed by atoms with E-state index in [4.69, 9.17) is 10.5 Å². The third kappa shape index (κ3) is 7.00. The van der Waals surface area contributed by atoms with Gasteiger partial charge in [0, 0.05) is 25.0 Å². The third-order valence-corrected chi connectivity index (χ3v) is 13.4. The van der Waals surface area contributed by atoms with Gasteiger partial charge in [-0.25, -0.2) is 4.79 Å². The minimum Gasteiger partial charge on any atom is -0.372 e. The van der Waals surface area contributed by atoms with Gasteiger partial charge in [0.2, 0.25) is 23.5 Å². The van der Waals surface area contributed by atoms with E-state index in [0.717, 1.165) is 38.5 Å². The molecule has 5 fully saturated rings. The summed E-state index contributed by atoms with van der Waals surface area (Å²) in [5.74, 6) is -3.02. The number of ketones is 1. The SMILES string of the molecule is CC(C)[C@H](NC(=O)N[C@H](C(=O)N1C[C@]2(C[C@H]1C(=O)NC(CC1CCC1)C(=O)C(N)=O)C(C)(C)C21CCC1)C(C)(C)C)C(=O)N1CCOC(C)(C)C1. The van der Waals surface area contributed by atoms with Gasteiger partial charge in [0.1, 0.15) is 18.1 Å². The lowest BCUT2D eigenvalue weighted by atomic mass is 9.73. The highest BCUT2D eigenvalue weighted by Crippen LogP contribution is 2.88. The zero-order valence-corrected chi connectivity index (χ0v) is 32.3. The van der Waals surface area contributed by atoms with Crippen LogP contribution in [-0.2, 0) is 28.7 Å². The van der Waals surface area contributed by atoms with Gasteiger partial charge in [-0.1, -0.05) is 74.1 Å². The topological polar surface area (TPSA) is 180 Å². The first kappa shape index (κ1) is 39.0. The number of hydrogen-bond donors (Lipinski definition) is 4. The number of rotatable bonds is 11. The normalized spacial score (nSPS) is 27.9. The monoisotopic (exact) mass is 714 g/mol. The van der Waals surface area contributed by atoms with Crippen LogP contribution in [0.15, 0.2) is 0 Å². The fourth-order valence-electron chi connectivity index (χ4n) is 9.84. The highest BCUT2D eigenvalue weighted by molar-refractivity contribution is 6.37. The van der Waals surface area contributed by atoms with Crippen LogP contribution in [0.25, 0.3) is 0 Å². The van der Waals surface area contributed by atoms with Crippen molar-refractivity contribution in [1.29, 1.82) is 0 Å². The number of ether oxygens (including phenoxy) is 1. The summed E-state index contributed by atoms with van der Waals surface area (Å²) in [4.78, 5) is 84.7. The summed E-state index contributed by atoms with van der Waals surface area (Å²) in [6.07, 6.45) is 6.77. The van der Waals surface area contributed by atoms with Crippen molar-refractivity contribution >= 4 is 35.4 Å². The first-order valence-electron chi connectivity index (χ1n) is 19.0. The number of carbonyl (C=O) groups is 6. The Labute approximate surface area is 303 Å². The average molecular weight is 715 g/mol. The Kier molecular flexibility index (Phi) is 10.4. The Morgan fingerprint density at radius 3 is 2.00 bits per heavy atom. The number of urea groups is 1. The molecule has 2 saturated heterocycles. The Balaban J connectivity index is 1.38. The summed E-state index contributed by atoms with van der Waals surface area (Å²) in [5.41, 5.74) is 3.75. The molecule has 0 radical (unpaired) electrons. The molecular weight excluding hydrogens is 652 g/mol. The number of Topliss-reactive ketones (excluding diaryl/α,β-unsaturated/α-hetero) is 1. The number of fused-ring (bicyclic) bond motifs is 1. The number of hydrogen-bond acceptors (Lipinski definition) is 7. The van der Waals surface area contributed by atoms with Crippen molar-refractivity contribution in [2.45, 2.75) is 143 Å². The van der Waals surface area contributed by atoms with E-state index in [1.165, 1.54) is 0 Å². The van der Waals surface area contributed by atoms with Gasteiger partial charge in [-0.3, -0.25) is 24.0 Å². The van der Waals surface area contributed by atoms with Gasteiger partial charge in [-0.05, 0) is 67.6 Å². The molecule has 5 aliphatic rings. The van der Waals surface area contributed by atoms with E-state index in [2.05, 4.69) is 29.8 Å². The molecule has 5 N–H and O–H groups in total. The van der Waals surface area contributed by atoms with Crippen LogP contribution in [0.1, 0.15) is 114 Å². The molecule has 3 aliphatic carbocycles. The number of nitrogens with one attached hydrogen (secondary N) is 3. The summed E-state index contributed by atoms with van der Waals surface area (Å²) in [5, 5.41) is 8.61. The van der Waals surface area contributed by atoms with E-state index in [9.17, 15) is 28.8 Å². The summed E-state index contributed by atoms with van der Waals surface area (Å²) in [6.45, 7) is 19.1. The van der Waals surface area contributed by atoms with Gasteiger partial charge in [0.15, 0.2) is 0 Å². The van der Waals surface area contributed by atoms with E-state index >= 15 is 0 Å². The van der Waals surface area contributed by atoms with Crippen molar-refractivity contribution in [1.82, 2.24) is 25.8 Å². The minimum absolute atomic E-state index is 0.0167. The maximum atomic E-state index is 14.8. The van der Waals surface area contributed by atoms with Crippen LogP contribution in [-0.4, -0.2) is 101 Å². The van der Waals surface area contributed by atoms with Crippen molar-refractivity contribution in [2.75, 3.05) is 26.2 Å². The van der Waals surface area contributed by atoms with Crippen LogP contribution in [0.2, 0.25) is 0 Å². The van der Waals surface area contributed by atoms with Gasteiger partial charge in [-0.15, -0.1) is 0 Å². The summed E-state index contributed by atoms with van der Waals surface area (Å²) in [7, 11) is 0. The lowest BCUT2D eigenvalue weighted by Gasteiger charge is -2.40. The van der Waals surface area contributed by atoms with E-state index in [1.54, 1.807) is 9.80 Å². The lowest BCUT2D eigenvalue weighted by molar-refractivity contribution is -0.148. The molecule has 2 aliphatic heterocycles. The van der Waals surface area contributed by atoms with Crippen molar-refractivity contribution in [3.05, 3.63) is 0 Å². The number of nitrogens with zero attached hydrogens (tertiary/aromatic N) is 2. The molecule has 0 bridgehead atoms. The summed E-state index contributed by atoms with van der Waals surface area (Å²) in [6, 6.07) is -4.46. The van der Waals surface area contributed by atoms with E-state index < -0.39 is 64.7 Å². The fourth-order valence-corrected chi connectivity index (χ4v) is 9.84. The molecule has 0 aromatic rings. The number of amides is 6. The van der Waals surface area contributed by atoms with E-state index in [1.807, 2.05) is 48.5 Å². The smallest absolute Gasteiger partial charge is 0.316 e. The van der Waals surface area contributed by atoms with Crippen molar-refractivity contribution in [3.63, 3.8) is 0 Å². The van der Waals surface area contributed by atoms with Crippen LogP contribution in [0.3, 0.4) is 0 Å². The number of morpholine rings is 1. The molecule has 5 atom stereocenters. The highest BCUT2D eigenvalue weighted by atomic mass is 16.5. The second-order valence-corrected chi connectivity index (χ2v) is 18.7. The van der Waals surface area contributed by atoms with Crippen LogP contribution in [0, 0.1) is 33.5 Å². The first-order valence-corrected chi connectivity index (χ1v) is 19.0. The Morgan fingerprint density at radius 1 is 0.882 bits per heavy atom. The second-order valence-electron chi connectivity index (χ2n) is 18.7. The molecule has 0 aromatic heterocycles. The Bertz CT molecular complexity index is 1430. The number of primary amides is 1. The Morgan fingerprint density at radius 2 is 1.53 bits per heavy atom. The molecule has 2 spiro atoms. The van der Waals surface area contributed by atoms with Crippen LogP contribution >= 0.6 is 0 Å². The second kappa shape index (κ2) is 13.6. The first-order chi connectivity index (χ1) is 23.6. The maximum Gasteiger partial charge on any atom is 0.316 e. The van der Waals surface area contributed by atoms with Gasteiger partial charge in [0.05, 0.1) is 18.2 Å². The van der Waals surface area contributed by atoms with Crippen LogP contribution in [0.5, 0.6) is 0 Å². The number of likely N-dealkylation sites (tertiary alicyclic amines) is 1. The van der Waals surface area contributed by atoms with E-state index in [0.29, 0.717) is 39.1 Å². The molecule has 6 amide bonds. The molecule has 286 valence electrons. The minimum atomic E-state index is -1.09. The number of carbonyl (C=O) groups excluding carboxylic acids is 6. The molecule has 13 nitrogen and oxygen atoms in total. The average Bonchev–Trinajstić information content (AvgIpc) is 3.20. The summed E-state index contributed by atoms with van der Waals surface area (Å²) >= 11 is 0. The van der Waals surface area contributed by atoms with Crippen LogP contribution < -0.4 is 21.7 Å². The molecular formula is C38H62N6O7. The van der Waals surface area contributed by atoms with Gasteiger partial charge in [0.25, 0.3) is 5.91 Å². The highest BCUT2D eigenvalue weighted by Gasteiger charge is 2.85.